The molecule has 0 aliphatic carbocycles. The van der Waals surface area contributed by atoms with E-state index in [9.17, 15) is 5.11 Å². The lowest BCUT2D eigenvalue weighted by Gasteiger charge is -2.06. The van der Waals surface area contributed by atoms with Crippen LogP contribution in [0.15, 0.2) is 53.0 Å². The van der Waals surface area contributed by atoms with Crippen molar-refractivity contribution in [3.8, 4) is 11.5 Å². The van der Waals surface area contributed by atoms with Crippen molar-refractivity contribution < 1.29 is 9.84 Å². The van der Waals surface area contributed by atoms with E-state index in [0.29, 0.717) is 0 Å². The summed E-state index contributed by atoms with van der Waals surface area (Å²) in [6.07, 6.45) is -0.521. The quantitative estimate of drug-likeness (QED) is 0.725. The zero-order valence-electron chi connectivity index (χ0n) is 10.9. The van der Waals surface area contributed by atoms with Crippen LogP contribution in [0, 0.1) is 0 Å². The molecule has 102 valence electrons. The Bertz CT molecular complexity index is 735. The lowest BCUT2D eigenvalue weighted by atomic mass is 10.2. The lowest BCUT2D eigenvalue weighted by Crippen LogP contribution is -1.89. The first-order valence-corrected chi connectivity index (χ1v) is 7.16. The molecule has 1 unspecified atom stereocenters. The van der Waals surface area contributed by atoms with Crippen LogP contribution in [0.1, 0.15) is 18.7 Å². The summed E-state index contributed by atoms with van der Waals surface area (Å²) in [5, 5.41) is 10.7. The third kappa shape index (κ3) is 2.57. The van der Waals surface area contributed by atoms with Crippen molar-refractivity contribution >= 4 is 26.8 Å². The van der Waals surface area contributed by atoms with Crippen molar-refractivity contribution in [2.75, 3.05) is 0 Å². The summed E-state index contributed by atoms with van der Waals surface area (Å²) >= 11 is 3.54. The highest BCUT2D eigenvalue weighted by molar-refractivity contribution is 9.10. The van der Waals surface area contributed by atoms with E-state index in [2.05, 4.69) is 20.9 Å². The van der Waals surface area contributed by atoms with Gasteiger partial charge in [-0.3, -0.25) is 0 Å². The molecule has 0 fully saturated rings. The van der Waals surface area contributed by atoms with Crippen LogP contribution in [-0.4, -0.2) is 10.1 Å². The number of fused-ring (bicyclic) bond motifs is 1. The Morgan fingerprint density at radius 3 is 2.55 bits per heavy atom. The van der Waals surface area contributed by atoms with Gasteiger partial charge in [0.1, 0.15) is 11.5 Å². The van der Waals surface area contributed by atoms with Crippen LogP contribution in [0.4, 0.5) is 0 Å². The van der Waals surface area contributed by atoms with Gasteiger partial charge in [-0.2, -0.15) is 0 Å². The fourth-order valence-corrected chi connectivity index (χ4v) is 2.65. The summed E-state index contributed by atoms with van der Waals surface area (Å²) < 4.78 is 6.76. The number of ether oxygens (including phenoxy) is 1. The zero-order chi connectivity index (χ0) is 14.1. The van der Waals surface area contributed by atoms with Crippen molar-refractivity contribution in [2.45, 2.75) is 13.0 Å². The number of aliphatic hydroxyl groups is 1. The zero-order valence-corrected chi connectivity index (χ0v) is 12.5. The maximum absolute atomic E-state index is 9.64. The number of aromatic nitrogens is 1. The fraction of sp³-hybridized carbons (Fsp3) is 0.125. The van der Waals surface area contributed by atoms with Crippen molar-refractivity contribution in [1.82, 2.24) is 4.98 Å². The summed E-state index contributed by atoms with van der Waals surface area (Å²) in [6, 6.07) is 15.4. The van der Waals surface area contributed by atoms with Gasteiger partial charge in [-0.25, -0.2) is 0 Å². The standard InChI is InChI=1S/C16H14BrNO2/c1-10(19)15-9-13-14(17)7-12(8-16(13)18-15)20-11-5-3-2-4-6-11/h2-10,18-19H,1H3. The first-order valence-electron chi connectivity index (χ1n) is 6.36. The molecule has 1 heterocycles. The molecule has 3 nitrogen and oxygen atoms in total. The molecular weight excluding hydrogens is 318 g/mol. The minimum Gasteiger partial charge on any atom is -0.457 e. The summed E-state index contributed by atoms with van der Waals surface area (Å²) in [4.78, 5) is 3.20. The maximum Gasteiger partial charge on any atom is 0.130 e. The van der Waals surface area contributed by atoms with Gasteiger partial charge in [0.2, 0.25) is 0 Å². The normalized spacial score (nSPS) is 12.6. The molecule has 2 N–H and O–H groups in total. The van der Waals surface area contributed by atoms with E-state index in [1.807, 2.05) is 48.5 Å². The second-order valence-corrected chi connectivity index (χ2v) is 5.54. The third-order valence-corrected chi connectivity index (χ3v) is 3.77. The number of H-pyrrole nitrogens is 1. The monoisotopic (exact) mass is 331 g/mol. The molecule has 1 atom stereocenters. The summed E-state index contributed by atoms with van der Waals surface area (Å²) in [5.74, 6) is 1.54. The second kappa shape index (κ2) is 5.31. The molecule has 4 heteroatoms. The Kier molecular flexibility index (Phi) is 3.51. The predicted molar refractivity (Wildman–Crippen MR) is 83.1 cm³/mol. The van der Waals surface area contributed by atoms with Crippen LogP contribution in [0.2, 0.25) is 0 Å². The van der Waals surface area contributed by atoms with Gasteiger partial charge in [-0.05, 0) is 47.1 Å². The molecule has 0 spiro atoms. The number of benzene rings is 2. The summed E-state index contributed by atoms with van der Waals surface area (Å²) in [7, 11) is 0. The average Bonchev–Trinajstić information content (AvgIpc) is 2.84. The Labute approximate surface area is 125 Å². The first kappa shape index (κ1) is 13.2. The molecule has 3 rings (SSSR count). The molecule has 0 amide bonds. The second-order valence-electron chi connectivity index (χ2n) is 4.68. The predicted octanol–water partition coefficient (Wildman–Crippen LogP) is 4.78. The van der Waals surface area contributed by atoms with Crippen molar-refractivity contribution in [2.24, 2.45) is 0 Å². The van der Waals surface area contributed by atoms with Gasteiger partial charge in [0.05, 0.1) is 11.6 Å². The Morgan fingerprint density at radius 2 is 1.85 bits per heavy atom. The number of halogens is 1. The van der Waals surface area contributed by atoms with Crippen LogP contribution in [0.25, 0.3) is 10.9 Å². The van der Waals surface area contributed by atoms with E-state index in [0.717, 1.165) is 32.6 Å². The lowest BCUT2D eigenvalue weighted by molar-refractivity contribution is 0.195. The molecule has 3 aromatic rings. The topological polar surface area (TPSA) is 45.2 Å². The molecule has 1 aromatic heterocycles. The van der Waals surface area contributed by atoms with Crippen molar-refractivity contribution in [1.29, 1.82) is 0 Å². The largest absolute Gasteiger partial charge is 0.457 e. The molecule has 0 aliphatic heterocycles. The Hall–Kier alpha value is -1.78. The van der Waals surface area contributed by atoms with Crippen molar-refractivity contribution in [3.05, 3.63) is 58.7 Å². The van der Waals surface area contributed by atoms with E-state index >= 15 is 0 Å². The highest BCUT2D eigenvalue weighted by Gasteiger charge is 2.10. The number of hydrogen-bond donors (Lipinski definition) is 2. The minimum absolute atomic E-state index is 0.521. The number of aliphatic hydroxyl groups excluding tert-OH is 1. The summed E-state index contributed by atoms with van der Waals surface area (Å²) in [5.41, 5.74) is 1.72. The van der Waals surface area contributed by atoms with E-state index < -0.39 is 6.10 Å². The van der Waals surface area contributed by atoms with Crippen molar-refractivity contribution in [3.63, 3.8) is 0 Å². The number of para-hydroxylation sites is 1. The Morgan fingerprint density at radius 1 is 1.10 bits per heavy atom. The van der Waals surface area contributed by atoms with Gasteiger partial charge in [0.25, 0.3) is 0 Å². The van der Waals surface area contributed by atoms with E-state index in [1.165, 1.54) is 0 Å². The summed E-state index contributed by atoms with van der Waals surface area (Å²) in [6.45, 7) is 1.74. The van der Waals surface area contributed by atoms with E-state index in [-0.39, 0.29) is 0 Å². The van der Waals surface area contributed by atoms with Crippen LogP contribution < -0.4 is 4.74 Å². The van der Waals surface area contributed by atoms with E-state index in [4.69, 9.17) is 4.74 Å². The van der Waals surface area contributed by atoms with Crippen LogP contribution >= 0.6 is 15.9 Å². The van der Waals surface area contributed by atoms with Gasteiger partial charge >= 0.3 is 0 Å². The van der Waals surface area contributed by atoms with Gasteiger partial charge in [-0.1, -0.05) is 18.2 Å². The third-order valence-electron chi connectivity index (χ3n) is 3.11. The number of aromatic amines is 1. The van der Waals surface area contributed by atoms with Gasteiger partial charge < -0.3 is 14.8 Å². The van der Waals surface area contributed by atoms with E-state index in [1.54, 1.807) is 6.92 Å². The number of nitrogens with one attached hydrogen (secondary N) is 1. The average molecular weight is 332 g/mol. The van der Waals surface area contributed by atoms with Gasteiger partial charge in [0.15, 0.2) is 0 Å². The smallest absolute Gasteiger partial charge is 0.130 e. The fourth-order valence-electron chi connectivity index (χ4n) is 2.10. The van der Waals surface area contributed by atoms with Crippen LogP contribution in [0.5, 0.6) is 11.5 Å². The Balaban J connectivity index is 2.01. The highest BCUT2D eigenvalue weighted by Crippen LogP contribution is 2.33. The maximum atomic E-state index is 9.64. The molecule has 0 aliphatic rings. The van der Waals surface area contributed by atoms with Crippen LogP contribution in [0.3, 0.4) is 0 Å². The molecule has 0 radical (unpaired) electrons. The minimum atomic E-state index is -0.521. The van der Waals surface area contributed by atoms with Gasteiger partial charge in [0, 0.05) is 21.6 Å². The number of rotatable bonds is 3. The number of hydrogen-bond acceptors (Lipinski definition) is 2. The molecule has 0 saturated carbocycles. The van der Waals surface area contributed by atoms with Crippen LogP contribution in [-0.2, 0) is 0 Å². The molecule has 2 aromatic carbocycles. The molecular formula is C16H14BrNO2. The SMILES string of the molecule is CC(O)c1cc2c(Br)cc(Oc3ccccc3)cc2[nH]1. The molecule has 0 bridgehead atoms. The first-order chi connectivity index (χ1) is 9.63. The molecule has 20 heavy (non-hydrogen) atoms. The van der Waals surface area contributed by atoms with Gasteiger partial charge in [-0.15, -0.1) is 0 Å². The highest BCUT2D eigenvalue weighted by atomic mass is 79.9. The molecule has 0 saturated heterocycles.